The summed E-state index contributed by atoms with van der Waals surface area (Å²) in [5.41, 5.74) is -0.0900. The third kappa shape index (κ3) is 4.43. The van der Waals surface area contributed by atoms with E-state index in [1.54, 1.807) is 6.07 Å². The molecule has 0 aliphatic carbocycles. The lowest BCUT2D eigenvalue weighted by molar-refractivity contribution is 0.0475. The van der Waals surface area contributed by atoms with Crippen LogP contribution in [0.4, 0.5) is 0 Å². The minimum absolute atomic E-state index is 0.0454. The third-order valence-corrected chi connectivity index (χ3v) is 5.92. The van der Waals surface area contributed by atoms with Crippen molar-refractivity contribution in [1.82, 2.24) is 0 Å². The quantitative estimate of drug-likeness (QED) is 0.561. The number of benzene rings is 1. The van der Waals surface area contributed by atoms with E-state index < -0.39 is 22.4 Å². The van der Waals surface area contributed by atoms with Crippen molar-refractivity contribution >= 4 is 44.5 Å². The van der Waals surface area contributed by atoms with Crippen LogP contribution in [0.25, 0.3) is 0 Å². The highest BCUT2D eigenvalue weighted by Gasteiger charge is 2.18. The third-order valence-electron chi connectivity index (χ3n) is 3.21. The number of Topliss-reactive ketones (excluding diaryl/α,β-unsaturated/α-hetero) is 1. The Bertz CT molecular complexity index is 884. The second-order valence-corrected chi connectivity index (χ2v) is 8.62. The van der Waals surface area contributed by atoms with E-state index in [0.717, 1.165) is 23.6 Å². The van der Waals surface area contributed by atoms with E-state index in [0.29, 0.717) is 4.88 Å². The monoisotopic (exact) mass is 386 g/mol. The van der Waals surface area contributed by atoms with E-state index >= 15 is 0 Å². The fourth-order valence-electron chi connectivity index (χ4n) is 1.89. The first-order valence-electron chi connectivity index (χ1n) is 7.01. The zero-order valence-corrected chi connectivity index (χ0v) is 15.4. The number of rotatable bonds is 6. The van der Waals surface area contributed by atoms with Gasteiger partial charge in [0.15, 0.2) is 16.4 Å². The Morgan fingerprint density at radius 3 is 2.50 bits per heavy atom. The minimum atomic E-state index is -3.48. The first-order chi connectivity index (χ1) is 11.2. The van der Waals surface area contributed by atoms with Gasteiger partial charge in [-0.15, -0.1) is 11.3 Å². The molecule has 0 N–H and O–H groups in total. The van der Waals surface area contributed by atoms with Crippen LogP contribution >= 0.6 is 22.9 Å². The normalized spacial score (nSPS) is 11.3. The summed E-state index contributed by atoms with van der Waals surface area (Å²) < 4.78 is 28.1. The number of hydrogen-bond donors (Lipinski definition) is 0. The number of hydrogen-bond acceptors (Lipinski definition) is 6. The molecule has 0 bridgehead atoms. The van der Waals surface area contributed by atoms with Gasteiger partial charge in [0, 0.05) is 11.1 Å². The molecule has 0 radical (unpaired) electrons. The Morgan fingerprint density at radius 2 is 1.92 bits per heavy atom. The van der Waals surface area contributed by atoms with Crippen LogP contribution < -0.4 is 0 Å². The zero-order valence-electron chi connectivity index (χ0n) is 13.0. The molecule has 0 saturated heterocycles. The van der Waals surface area contributed by atoms with Crippen molar-refractivity contribution < 1.29 is 22.7 Å². The summed E-state index contributed by atoms with van der Waals surface area (Å²) in [6.45, 7) is 1.55. The van der Waals surface area contributed by atoms with Crippen molar-refractivity contribution in [2.45, 2.75) is 18.2 Å². The number of esters is 1. The molecule has 0 atom stereocenters. The van der Waals surface area contributed by atoms with Gasteiger partial charge in [-0.05, 0) is 36.8 Å². The topological polar surface area (TPSA) is 77.5 Å². The highest BCUT2D eigenvalue weighted by molar-refractivity contribution is 7.90. The van der Waals surface area contributed by atoms with Gasteiger partial charge < -0.3 is 4.74 Å². The van der Waals surface area contributed by atoms with Crippen molar-refractivity contribution in [3.05, 3.63) is 50.7 Å². The van der Waals surface area contributed by atoms with Crippen molar-refractivity contribution in [1.29, 1.82) is 0 Å². The average molecular weight is 387 g/mol. The number of aryl methyl sites for hydroxylation is 1. The molecule has 0 fully saturated rings. The van der Waals surface area contributed by atoms with E-state index in [9.17, 15) is 18.0 Å². The van der Waals surface area contributed by atoms with Gasteiger partial charge in [-0.1, -0.05) is 18.5 Å². The van der Waals surface area contributed by atoms with E-state index in [1.807, 2.05) is 13.0 Å². The maximum absolute atomic E-state index is 12.1. The van der Waals surface area contributed by atoms with Gasteiger partial charge in [-0.2, -0.15) is 0 Å². The zero-order chi connectivity index (χ0) is 17.9. The van der Waals surface area contributed by atoms with Gasteiger partial charge >= 0.3 is 5.97 Å². The standard InChI is InChI=1S/C16H15ClO5S2/c1-3-10-4-7-15(23-10)14(18)9-22-16(19)12-8-11(24(2,20)21)5-6-13(12)17/h4-8H,3,9H2,1-2H3. The molecule has 0 amide bonds. The average Bonchev–Trinajstić information content (AvgIpc) is 3.00. The smallest absolute Gasteiger partial charge is 0.340 e. The number of carbonyl (C=O) groups is 2. The maximum atomic E-state index is 12.1. The van der Waals surface area contributed by atoms with Crippen LogP contribution in [0.15, 0.2) is 35.2 Å². The molecule has 128 valence electrons. The molecule has 1 aromatic heterocycles. The van der Waals surface area contributed by atoms with Crippen molar-refractivity contribution in [3.63, 3.8) is 0 Å². The van der Waals surface area contributed by atoms with Gasteiger partial charge in [0.05, 0.1) is 20.4 Å². The summed E-state index contributed by atoms with van der Waals surface area (Å²) in [4.78, 5) is 25.6. The number of thiophene rings is 1. The predicted molar refractivity (Wildman–Crippen MR) is 92.9 cm³/mol. The SMILES string of the molecule is CCc1ccc(C(=O)COC(=O)c2cc(S(C)(=O)=O)ccc2Cl)s1. The fraction of sp³-hybridized carbons (Fsp3) is 0.250. The molecule has 0 spiro atoms. The summed E-state index contributed by atoms with van der Waals surface area (Å²) in [5, 5.41) is 0.0595. The van der Waals surface area contributed by atoms with Crippen LogP contribution in [0.3, 0.4) is 0 Å². The van der Waals surface area contributed by atoms with Gasteiger partial charge in [0.1, 0.15) is 0 Å². The number of ketones is 1. The number of halogens is 1. The molecule has 0 aliphatic heterocycles. The first-order valence-corrected chi connectivity index (χ1v) is 10.1. The highest BCUT2D eigenvalue weighted by Crippen LogP contribution is 2.22. The Balaban J connectivity index is 2.11. The van der Waals surface area contributed by atoms with Crippen molar-refractivity contribution in [3.8, 4) is 0 Å². The molecule has 0 aliphatic rings. The molecule has 1 heterocycles. The second-order valence-electron chi connectivity index (χ2n) is 5.03. The lowest BCUT2D eigenvalue weighted by Gasteiger charge is -2.07. The molecule has 1 aromatic carbocycles. The van der Waals surface area contributed by atoms with Gasteiger partial charge in [0.25, 0.3) is 0 Å². The van der Waals surface area contributed by atoms with Crippen LogP contribution in [0.5, 0.6) is 0 Å². The van der Waals surface area contributed by atoms with Crippen molar-refractivity contribution in [2.24, 2.45) is 0 Å². The summed E-state index contributed by atoms with van der Waals surface area (Å²) in [7, 11) is -3.48. The van der Waals surface area contributed by atoms with E-state index in [4.69, 9.17) is 16.3 Å². The van der Waals surface area contributed by atoms with Crippen LogP contribution in [0, 0.1) is 0 Å². The van der Waals surface area contributed by atoms with Crippen LogP contribution in [-0.4, -0.2) is 33.0 Å². The Hall–Kier alpha value is -1.70. The Kier molecular flexibility index (Phi) is 5.79. The molecule has 2 aromatic rings. The largest absolute Gasteiger partial charge is 0.454 e. The highest BCUT2D eigenvalue weighted by atomic mass is 35.5. The van der Waals surface area contributed by atoms with E-state index in [2.05, 4.69) is 0 Å². The fourth-order valence-corrected chi connectivity index (χ4v) is 3.60. The Labute approximate surface area is 149 Å². The number of carbonyl (C=O) groups excluding carboxylic acids is 2. The summed E-state index contributed by atoms with van der Waals surface area (Å²) in [6.07, 6.45) is 1.85. The van der Waals surface area contributed by atoms with Crippen LogP contribution in [0.1, 0.15) is 31.8 Å². The molecule has 5 nitrogen and oxygen atoms in total. The molecule has 8 heteroatoms. The minimum Gasteiger partial charge on any atom is -0.454 e. The van der Waals surface area contributed by atoms with E-state index in [-0.39, 0.29) is 21.3 Å². The molecular weight excluding hydrogens is 372 g/mol. The molecule has 0 saturated carbocycles. The Morgan fingerprint density at radius 1 is 1.21 bits per heavy atom. The van der Waals surface area contributed by atoms with E-state index in [1.165, 1.54) is 23.5 Å². The molecular formula is C16H15ClO5S2. The van der Waals surface area contributed by atoms with Gasteiger partial charge in [0.2, 0.25) is 5.78 Å². The number of ether oxygens (including phenoxy) is 1. The molecule has 24 heavy (non-hydrogen) atoms. The molecule has 2 rings (SSSR count). The van der Waals surface area contributed by atoms with Crippen LogP contribution in [0.2, 0.25) is 5.02 Å². The van der Waals surface area contributed by atoms with Crippen molar-refractivity contribution in [2.75, 3.05) is 12.9 Å². The molecule has 0 unspecified atom stereocenters. The predicted octanol–water partition coefficient (Wildman–Crippen LogP) is 3.41. The van der Waals surface area contributed by atoms with Gasteiger partial charge in [-0.3, -0.25) is 4.79 Å². The van der Waals surface area contributed by atoms with Gasteiger partial charge in [-0.25, -0.2) is 13.2 Å². The number of sulfone groups is 1. The second kappa shape index (κ2) is 7.46. The summed E-state index contributed by atoms with van der Waals surface area (Å²) in [5.74, 6) is -1.16. The lowest BCUT2D eigenvalue weighted by Crippen LogP contribution is -2.14. The summed E-state index contributed by atoms with van der Waals surface area (Å²) >= 11 is 7.27. The maximum Gasteiger partial charge on any atom is 0.340 e. The lowest BCUT2D eigenvalue weighted by atomic mass is 10.2. The summed E-state index contributed by atoms with van der Waals surface area (Å²) in [6, 6.07) is 7.30. The van der Waals surface area contributed by atoms with Crippen LogP contribution in [-0.2, 0) is 21.0 Å². The first kappa shape index (κ1) is 18.6.